The molecule has 84 valence electrons. The fourth-order valence-corrected chi connectivity index (χ4v) is 2.55. The SMILES string of the molecule is COc1ccn(S(=O)(=O)c2ccccc2)c1. The number of hydrogen-bond donors (Lipinski definition) is 0. The maximum atomic E-state index is 12.1. The van der Waals surface area contributed by atoms with Crippen molar-refractivity contribution in [2.24, 2.45) is 0 Å². The van der Waals surface area contributed by atoms with Crippen molar-refractivity contribution in [1.29, 1.82) is 0 Å². The lowest BCUT2D eigenvalue weighted by atomic mass is 10.4. The van der Waals surface area contributed by atoms with Gasteiger partial charge in [0, 0.05) is 6.20 Å². The Morgan fingerprint density at radius 3 is 2.38 bits per heavy atom. The molecule has 0 aliphatic rings. The fourth-order valence-electron chi connectivity index (χ4n) is 1.34. The molecule has 0 amide bonds. The van der Waals surface area contributed by atoms with Crippen LogP contribution < -0.4 is 4.74 Å². The molecule has 1 aromatic heterocycles. The van der Waals surface area contributed by atoms with Crippen molar-refractivity contribution < 1.29 is 13.2 Å². The van der Waals surface area contributed by atoms with Crippen LogP contribution in [0.3, 0.4) is 0 Å². The van der Waals surface area contributed by atoms with E-state index in [9.17, 15) is 8.42 Å². The third-order valence-electron chi connectivity index (χ3n) is 2.19. The van der Waals surface area contributed by atoms with Gasteiger partial charge in [-0.3, -0.25) is 0 Å². The smallest absolute Gasteiger partial charge is 0.267 e. The predicted octanol–water partition coefficient (Wildman–Crippen LogP) is 1.73. The van der Waals surface area contributed by atoms with Gasteiger partial charge in [0.05, 0.1) is 18.2 Å². The van der Waals surface area contributed by atoms with Gasteiger partial charge in [-0.1, -0.05) is 18.2 Å². The lowest BCUT2D eigenvalue weighted by Gasteiger charge is -2.04. The van der Waals surface area contributed by atoms with E-state index in [0.29, 0.717) is 5.75 Å². The highest BCUT2D eigenvalue weighted by Gasteiger charge is 2.15. The van der Waals surface area contributed by atoms with Crippen molar-refractivity contribution in [3.8, 4) is 5.75 Å². The molecule has 0 saturated carbocycles. The van der Waals surface area contributed by atoms with Crippen LogP contribution in [0.1, 0.15) is 0 Å². The van der Waals surface area contributed by atoms with Crippen LogP contribution >= 0.6 is 0 Å². The molecule has 4 nitrogen and oxygen atoms in total. The molecule has 5 heteroatoms. The van der Waals surface area contributed by atoms with Crippen LogP contribution in [0, 0.1) is 0 Å². The van der Waals surface area contributed by atoms with Gasteiger partial charge in [-0.2, -0.15) is 0 Å². The Morgan fingerprint density at radius 2 is 1.81 bits per heavy atom. The summed E-state index contributed by atoms with van der Waals surface area (Å²) in [4.78, 5) is 0.258. The first-order chi connectivity index (χ1) is 7.64. The average molecular weight is 237 g/mol. The van der Waals surface area contributed by atoms with Gasteiger partial charge < -0.3 is 4.74 Å². The molecule has 0 spiro atoms. The highest BCUT2D eigenvalue weighted by atomic mass is 32.2. The lowest BCUT2D eigenvalue weighted by Crippen LogP contribution is -2.10. The summed E-state index contributed by atoms with van der Waals surface area (Å²) in [6, 6.07) is 9.86. The second kappa shape index (κ2) is 4.02. The molecule has 0 unspecified atom stereocenters. The van der Waals surface area contributed by atoms with Crippen LogP contribution in [0.15, 0.2) is 53.7 Å². The molecule has 16 heavy (non-hydrogen) atoms. The number of aromatic nitrogens is 1. The fraction of sp³-hybridized carbons (Fsp3) is 0.0909. The molecule has 0 fully saturated rings. The highest BCUT2D eigenvalue weighted by Crippen LogP contribution is 2.17. The lowest BCUT2D eigenvalue weighted by molar-refractivity contribution is 0.415. The monoisotopic (exact) mass is 237 g/mol. The molecular weight excluding hydrogens is 226 g/mol. The molecule has 0 bridgehead atoms. The third kappa shape index (κ3) is 1.81. The quantitative estimate of drug-likeness (QED) is 0.816. The van der Waals surface area contributed by atoms with Gasteiger partial charge in [0.1, 0.15) is 5.75 Å². The summed E-state index contributed by atoms with van der Waals surface area (Å²) in [5.41, 5.74) is 0. The van der Waals surface area contributed by atoms with E-state index < -0.39 is 10.0 Å². The molecule has 1 heterocycles. The van der Waals surface area contributed by atoms with Crippen molar-refractivity contribution in [1.82, 2.24) is 3.97 Å². The molecule has 1 aromatic carbocycles. The van der Waals surface area contributed by atoms with Crippen molar-refractivity contribution in [2.75, 3.05) is 7.11 Å². The Labute approximate surface area is 94.1 Å². The zero-order valence-electron chi connectivity index (χ0n) is 8.70. The minimum absolute atomic E-state index is 0.258. The number of ether oxygens (including phenoxy) is 1. The van der Waals surface area contributed by atoms with Gasteiger partial charge in [-0.15, -0.1) is 0 Å². The van der Waals surface area contributed by atoms with E-state index in [1.807, 2.05) is 0 Å². The van der Waals surface area contributed by atoms with Crippen molar-refractivity contribution in [2.45, 2.75) is 4.90 Å². The molecule has 0 saturated heterocycles. The first-order valence-electron chi connectivity index (χ1n) is 4.67. The van der Waals surface area contributed by atoms with E-state index in [1.165, 1.54) is 19.5 Å². The predicted molar refractivity (Wildman–Crippen MR) is 60.0 cm³/mol. The van der Waals surface area contributed by atoms with Crippen LogP contribution in [-0.2, 0) is 10.0 Å². The summed E-state index contributed by atoms with van der Waals surface area (Å²) in [6.45, 7) is 0. The average Bonchev–Trinajstić information content (AvgIpc) is 2.79. The maximum Gasteiger partial charge on any atom is 0.267 e. The minimum Gasteiger partial charge on any atom is -0.495 e. The van der Waals surface area contributed by atoms with E-state index in [-0.39, 0.29) is 4.90 Å². The summed E-state index contributed by atoms with van der Waals surface area (Å²) in [5.74, 6) is 0.513. The van der Waals surface area contributed by atoms with Gasteiger partial charge in [-0.05, 0) is 18.2 Å². The number of hydrogen-bond acceptors (Lipinski definition) is 3. The molecule has 2 rings (SSSR count). The summed E-state index contributed by atoms with van der Waals surface area (Å²) in [5, 5.41) is 0. The number of benzene rings is 1. The molecular formula is C11H11NO3S. The van der Waals surface area contributed by atoms with Crippen LogP contribution in [0.5, 0.6) is 5.75 Å². The summed E-state index contributed by atoms with van der Waals surface area (Å²) >= 11 is 0. The Bertz CT molecular complexity index is 572. The van der Waals surface area contributed by atoms with E-state index >= 15 is 0 Å². The maximum absolute atomic E-state index is 12.1. The topological polar surface area (TPSA) is 48.3 Å². The van der Waals surface area contributed by atoms with Crippen molar-refractivity contribution >= 4 is 10.0 Å². The van der Waals surface area contributed by atoms with Gasteiger partial charge >= 0.3 is 0 Å². The van der Waals surface area contributed by atoms with Crippen molar-refractivity contribution in [3.05, 3.63) is 48.8 Å². The highest BCUT2D eigenvalue weighted by molar-refractivity contribution is 7.90. The molecule has 0 aliphatic carbocycles. The van der Waals surface area contributed by atoms with Crippen LogP contribution in [0.4, 0.5) is 0 Å². The van der Waals surface area contributed by atoms with Gasteiger partial charge in [-0.25, -0.2) is 12.4 Å². The minimum atomic E-state index is -3.49. The molecule has 0 N–H and O–H groups in total. The number of methoxy groups -OCH3 is 1. The van der Waals surface area contributed by atoms with Crippen molar-refractivity contribution in [3.63, 3.8) is 0 Å². The second-order valence-electron chi connectivity index (χ2n) is 3.20. The normalized spacial score (nSPS) is 11.3. The van der Waals surface area contributed by atoms with Crippen LogP contribution in [0.2, 0.25) is 0 Å². The third-order valence-corrected chi connectivity index (χ3v) is 3.84. The molecule has 0 radical (unpaired) electrons. The Kier molecular flexibility index (Phi) is 2.70. The zero-order chi connectivity index (χ0) is 11.6. The van der Waals surface area contributed by atoms with Gasteiger partial charge in [0.2, 0.25) is 0 Å². The van der Waals surface area contributed by atoms with E-state index in [2.05, 4.69) is 0 Å². The number of nitrogens with zero attached hydrogens (tertiary/aromatic N) is 1. The summed E-state index contributed by atoms with van der Waals surface area (Å²) in [7, 11) is -2.00. The number of rotatable bonds is 3. The second-order valence-corrected chi connectivity index (χ2v) is 5.04. The zero-order valence-corrected chi connectivity index (χ0v) is 9.52. The Morgan fingerprint density at radius 1 is 1.12 bits per heavy atom. The summed E-state index contributed by atoms with van der Waals surface area (Å²) in [6.07, 6.45) is 2.89. The molecule has 2 aromatic rings. The first kappa shape index (κ1) is 10.8. The summed E-state index contributed by atoms with van der Waals surface area (Å²) < 4.78 is 30.2. The Hall–Kier alpha value is -1.75. The van der Waals surface area contributed by atoms with Gasteiger partial charge in [0.15, 0.2) is 0 Å². The van der Waals surface area contributed by atoms with Gasteiger partial charge in [0.25, 0.3) is 10.0 Å². The molecule has 0 aliphatic heterocycles. The van der Waals surface area contributed by atoms with Crippen LogP contribution in [-0.4, -0.2) is 19.5 Å². The molecule has 0 atom stereocenters. The largest absolute Gasteiger partial charge is 0.495 e. The first-order valence-corrected chi connectivity index (χ1v) is 6.11. The standard InChI is InChI=1S/C11H11NO3S/c1-15-10-7-8-12(9-10)16(13,14)11-5-3-2-4-6-11/h2-9H,1H3. The van der Waals surface area contributed by atoms with E-state index in [0.717, 1.165) is 3.97 Å². The van der Waals surface area contributed by atoms with E-state index in [4.69, 9.17) is 4.74 Å². The van der Waals surface area contributed by atoms with Crippen LogP contribution in [0.25, 0.3) is 0 Å². The van der Waals surface area contributed by atoms with E-state index in [1.54, 1.807) is 36.4 Å². The Balaban J connectivity index is 2.47.